The third-order valence-corrected chi connectivity index (χ3v) is 3.29. The molecule has 1 heterocycles. The third-order valence-electron chi connectivity index (χ3n) is 2.86. The standard InChI is InChI=1S/C12H19ClN2O2/c1-4-7-8-15-10(13)9(5-2)11(16)14(6-3)12(15)17/h4-8H2,1-3H3. The Balaban J connectivity index is 3.49. The SMILES string of the molecule is CCCCn1c(Cl)c(CC)c(=O)n(CC)c1=O. The summed E-state index contributed by atoms with van der Waals surface area (Å²) in [6.45, 7) is 6.67. The minimum atomic E-state index is -0.298. The quantitative estimate of drug-likeness (QED) is 0.759. The first kappa shape index (κ1) is 14.0. The first-order valence-electron chi connectivity index (χ1n) is 6.10. The van der Waals surface area contributed by atoms with Gasteiger partial charge in [-0.2, -0.15) is 0 Å². The second kappa shape index (κ2) is 6.05. The number of nitrogens with zero attached hydrogens (tertiary/aromatic N) is 2. The molecule has 17 heavy (non-hydrogen) atoms. The zero-order chi connectivity index (χ0) is 13.0. The minimum absolute atomic E-state index is 0.252. The fraction of sp³-hybridized carbons (Fsp3) is 0.667. The fourth-order valence-electron chi connectivity index (χ4n) is 1.82. The molecule has 0 saturated heterocycles. The van der Waals surface area contributed by atoms with Crippen LogP contribution in [0.15, 0.2) is 9.59 Å². The molecule has 0 radical (unpaired) electrons. The minimum Gasteiger partial charge on any atom is -0.283 e. The van der Waals surface area contributed by atoms with Crippen LogP contribution in [-0.4, -0.2) is 9.13 Å². The Labute approximate surface area is 106 Å². The Morgan fingerprint density at radius 2 is 1.76 bits per heavy atom. The summed E-state index contributed by atoms with van der Waals surface area (Å²) in [5.74, 6) is 0. The highest BCUT2D eigenvalue weighted by molar-refractivity contribution is 6.30. The van der Waals surface area contributed by atoms with Crippen molar-refractivity contribution in [1.29, 1.82) is 0 Å². The molecule has 0 N–H and O–H groups in total. The summed E-state index contributed by atoms with van der Waals surface area (Å²) in [6.07, 6.45) is 2.41. The van der Waals surface area contributed by atoms with Crippen molar-refractivity contribution in [2.45, 2.75) is 53.1 Å². The van der Waals surface area contributed by atoms with Gasteiger partial charge in [0.25, 0.3) is 5.56 Å². The highest BCUT2D eigenvalue weighted by Gasteiger charge is 2.14. The molecule has 4 nitrogen and oxygen atoms in total. The first-order chi connectivity index (χ1) is 8.08. The molecule has 1 rings (SSSR count). The van der Waals surface area contributed by atoms with Gasteiger partial charge in [-0.15, -0.1) is 0 Å². The van der Waals surface area contributed by atoms with Crippen LogP contribution >= 0.6 is 11.6 Å². The number of unbranched alkanes of at least 4 members (excludes halogenated alkanes) is 1. The van der Waals surface area contributed by atoms with Gasteiger partial charge in [0.05, 0.1) is 5.56 Å². The van der Waals surface area contributed by atoms with Crippen LogP contribution in [0.4, 0.5) is 0 Å². The Bertz CT molecular complexity index is 502. The summed E-state index contributed by atoms with van der Waals surface area (Å²) in [7, 11) is 0. The fourth-order valence-corrected chi connectivity index (χ4v) is 2.19. The van der Waals surface area contributed by atoms with E-state index in [1.165, 1.54) is 9.13 Å². The number of rotatable bonds is 5. The van der Waals surface area contributed by atoms with Crippen molar-refractivity contribution >= 4 is 11.6 Å². The van der Waals surface area contributed by atoms with Crippen molar-refractivity contribution in [3.8, 4) is 0 Å². The number of halogens is 1. The molecule has 1 aromatic rings. The van der Waals surface area contributed by atoms with Crippen LogP contribution in [0.25, 0.3) is 0 Å². The largest absolute Gasteiger partial charge is 0.332 e. The third kappa shape index (κ3) is 2.63. The highest BCUT2D eigenvalue weighted by atomic mass is 35.5. The maximum Gasteiger partial charge on any atom is 0.332 e. The molecule has 0 bridgehead atoms. The van der Waals surface area contributed by atoms with E-state index in [1.807, 2.05) is 6.92 Å². The van der Waals surface area contributed by atoms with Gasteiger partial charge in [-0.3, -0.25) is 13.9 Å². The average molecular weight is 259 g/mol. The summed E-state index contributed by atoms with van der Waals surface area (Å²) < 4.78 is 2.76. The van der Waals surface area contributed by atoms with Crippen LogP contribution in [0.3, 0.4) is 0 Å². The van der Waals surface area contributed by atoms with Crippen LogP contribution in [0, 0.1) is 0 Å². The number of hydrogen-bond acceptors (Lipinski definition) is 2. The molecule has 0 amide bonds. The number of aromatic nitrogens is 2. The average Bonchev–Trinajstić information content (AvgIpc) is 2.30. The summed E-state index contributed by atoms with van der Waals surface area (Å²) in [4.78, 5) is 24.0. The molecule has 0 aliphatic carbocycles. The first-order valence-corrected chi connectivity index (χ1v) is 6.48. The number of hydrogen-bond donors (Lipinski definition) is 0. The molecule has 0 aliphatic rings. The Morgan fingerprint density at radius 1 is 1.12 bits per heavy atom. The molecule has 0 atom stereocenters. The van der Waals surface area contributed by atoms with E-state index < -0.39 is 0 Å². The molecule has 0 spiro atoms. The monoisotopic (exact) mass is 258 g/mol. The van der Waals surface area contributed by atoms with Crippen LogP contribution in [0.1, 0.15) is 39.2 Å². The van der Waals surface area contributed by atoms with Crippen molar-refractivity contribution in [3.63, 3.8) is 0 Å². The van der Waals surface area contributed by atoms with Gasteiger partial charge in [-0.05, 0) is 19.8 Å². The molecule has 96 valence electrons. The lowest BCUT2D eigenvalue weighted by molar-refractivity contribution is 0.539. The van der Waals surface area contributed by atoms with Crippen LogP contribution in [0.2, 0.25) is 5.15 Å². The van der Waals surface area contributed by atoms with Crippen molar-refractivity contribution in [3.05, 3.63) is 31.6 Å². The van der Waals surface area contributed by atoms with E-state index in [4.69, 9.17) is 11.6 Å². The van der Waals surface area contributed by atoms with Gasteiger partial charge in [0, 0.05) is 13.1 Å². The molecule has 0 fully saturated rings. The molecule has 5 heteroatoms. The van der Waals surface area contributed by atoms with Crippen LogP contribution in [-0.2, 0) is 19.5 Å². The Hall–Kier alpha value is -1.03. The van der Waals surface area contributed by atoms with Crippen molar-refractivity contribution < 1.29 is 0 Å². The van der Waals surface area contributed by atoms with Gasteiger partial charge in [0.15, 0.2) is 0 Å². The maximum atomic E-state index is 12.1. The summed E-state index contributed by atoms with van der Waals surface area (Å²) in [5.41, 5.74) is -0.0184. The van der Waals surface area contributed by atoms with Gasteiger partial charge < -0.3 is 0 Å². The molecular weight excluding hydrogens is 240 g/mol. The Kier molecular flexibility index (Phi) is 5.00. The zero-order valence-corrected chi connectivity index (χ0v) is 11.4. The summed E-state index contributed by atoms with van der Waals surface area (Å²) >= 11 is 6.13. The molecule has 0 saturated carbocycles. The van der Waals surface area contributed by atoms with E-state index in [0.29, 0.717) is 30.2 Å². The second-order valence-corrected chi connectivity index (χ2v) is 4.32. The van der Waals surface area contributed by atoms with Crippen molar-refractivity contribution in [2.75, 3.05) is 0 Å². The lowest BCUT2D eigenvalue weighted by atomic mass is 10.2. The molecular formula is C12H19ClN2O2. The predicted octanol–water partition coefficient (Wildman–Crippen LogP) is 2.05. The normalized spacial score (nSPS) is 10.8. The Morgan fingerprint density at radius 3 is 2.24 bits per heavy atom. The zero-order valence-electron chi connectivity index (χ0n) is 10.6. The van der Waals surface area contributed by atoms with E-state index >= 15 is 0 Å². The van der Waals surface area contributed by atoms with Crippen molar-refractivity contribution in [2.24, 2.45) is 0 Å². The highest BCUT2D eigenvalue weighted by Crippen LogP contribution is 2.11. The predicted molar refractivity (Wildman–Crippen MR) is 69.9 cm³/mol. The van der Waals surface area contributed by atoms with Gasteiger partial charge in [0.1, 0.15) is 5.15 Å². The van der Waals surface area contributed by atoms with E-state index in [9.17, 15) is 9.59 Å². The van der Waals surface area contributed by atoms with Gasteiger partial charge >= 0.3 is 5.69 Å². The van der Waals surface area contributed by atoms with Gasteiger partial charge in [0.2, 0.25) is 0 Å². The van der Waals surface area contributed by atoms with Crippen LogP contribution in [0.5, 0.6) is 0 Å². The summed E-state index contributed by atoms with van der Waals surface area (Å²) in [6, 6.07) is 0. The van der Waals surface area contributed by atoms with Crippen LogP contribution < -0.4 is 11.2 Å². The van der Waals surface area contributed by atoms with E-state index in [1.54, 1.807) is 6.92 Å². The molecule has 1 aromatic heterocycles. The lowest BCUT2D eigenvalue weighted by Crippen LogP contribution is -2.41. The summed E-state index contributed by atoms with van der Waals surface area (Å²) in [5, 5.41) is 0.306. The van der Waals surface area contributed by atoms with E-state index in [-0.39, 0.29) is 11.2 Å². The van der Waals surface area contributed by atoms with Gasteiger partial charge in [-0.25, -0.2) is 4.79 Å². The van der Waals surface area contributed by atoms with Crippen molar-refractivity contribution in [1.82, 2.24) is 9.13 Å². The molecule has 0 aromatic carbocycles. The smallest absolute Gasteiger partial charge is 0.283 e. The second-order valence-electron chi connectivity index (χ2n) is 3.96. The topological polar surface area (TPSA) is 44.0 Å². The molecule has 0 unspecified atom stereocenters. The van der Waals surface area contributed by atoms with Gasteiger partial charge in [-0.1, -0.05) is 31.9 Å². The van der Waals surface area contributed by atoms with E-state index in [0.717, 1.165) is 12.8 Å². The maximum absolute atomic E-state index is 12.1. The van der Waals surface area contributed by atoms with E-state index in [2.05, 4.69) is 6.92 Å². The molecule has 0 aliphatic heterocycles. The lowest BCUT2D eigenvalue weighted by Gasteiger charge is -2.13.